The first-order chi connectivity index (χ1) is 31.7. The van der Waals surface area contributed by atoms with Crippen LogP contribution in [0.3, 0.4) is 0 Å². The zero-order chi connectivity index (χ0) is 42.1. The van der Waals surface area contributed by atoms with Crippen molar-refractivity contribution in [3.05, 3.63) is 231 Å². The third-order valence-electron chi connectivity index (χ3n) is 13.2. The van der Waals surface area contributed by atoms with Crippen LogP contribution < -0.4 is 0 Å². The van der Waals surface area contributed by atoms with E-state index in [0.29, 0.717) is 0 Å². The van der Waals surface area contributed by atoms with E-state index in [1.165, 1.54) is 82.7 Å². The lowest BCUT2D eigenvalue weighted by Gasteiger charge is -2.20. The SMILES string of the molecule is c1ccc(-c2ccc(-c3cc(-c4ccc5ccc6cccnc6c5n4)cc(-c4ccc5c6c(cccc46)-c4c-5c(-c5ccccc5)c5ccccc5c4-c4ccccc4)c3)cc2)cc1. The van der Waals surface area contributed by atoms with Gasteiger partial charge in [0.15, 0.2) is 0 Å². The second-order valence-corrected chi connectivity index (χ2v) is 16.8. The van der Waals surface area contributed by atoms with Gasteiger partial charge in [0, 0.05) is 22.5 Å². The maximum Gasteiger partial charge on any atom is 0.0972 e. The summed E-state index contributed by atoms with van der Waals surface area (Å²) in [6, 6.07) is 81.8. The Morgan fingerprint density at radius 2 is 0.766 bits per heavy atom. The number of hydrogen-bond acceptors (Lipinski definition) is 2. The molecule has 64 heavy (non-hydrogen) atoms. The molecule has 2 heteroatoms. The van der Waals surface area contributed by atoms with Gasteiger partial charge in [-0.25, -0.2) is 4.98 Å². The van der Waals surface area contributed by atoms with E-state index in [1.54, 1.807) is 0 Å². The molecule has 0 aliphatic heterocycles. The van der Waals surface area contributed by atoms with Gasteiger partial charge in [-0.3, -0.25) is 4.98 Å². The lowest BCUT2D eigenvalue weighted by molar-refractivity contribution is 1.37. The van der Waals surface area contributed by atoms with Crippen molar-refractivity contribution in [3.8, 4) is 89.1 Å². The van der Waals surface area contributed by atoms with E-state index in [2.05, 4.69) is 218 Å². The van der Waals surface area contributed by atoms with Crippen molar-refractivity contribution in [2.24, 2.45) is 0 Å². The molecular weight excluding hydrogens is 773 g/mol. The van der Waals surface area contributed by atoms with Crippen LogP contribution in [0.25, 0.3) is 132 Å². The highest BCUT2D eigenvalue weighted by atomic mass is 14.8. The first-order valence-corrected chi connectivity index (χ1v) is 22.0. The van der Waals surface area contributed by atoms with E-state index in [9.17, 15) is 0 Å². The van der Waals surface area contributed by atoms with Crippen LogP contribution in [-0.2, 0) is 0 Å². The molecule has 0 N–H and O–H groups in total. The number of nitrogens with zero attached hydrogens (tertiary/aromatic N) is 2. The van der Waals surface area contributed by atoms with Crippen LogP contribution in [0.2, 0.25) is 0 Å². The fraction of sp³-hybridized carbons (Fsp3) is 0. The van der Waals surface area contributed by atoms with Gasteiger partial charge in [-0.05, 0) is 130 Å². The van der Waals surface area contributed by atoms with Crippen LogP contribution in [-0.4, -0.2) is 9.97 Å². The number of fused-ring (bicyclic) bond motifs is 7. The van der Waals surface area contributed by atoms with Crippen molar-refractivity contribution in [1.82, 2.24) is 9.97 Å². The van der Waals surface area contributed by atoms with Gasteiger partial charge in [0.1, 0.15) is 0 Å². The molecule has 0 saturated heterocycles. The molecule has 0 radical (unpaired) electrons. The third kappa shape index (κ3) is 5.73. The molecule has 0 atom stereocenters. The Bertz CT molecular complexity index is 3710. The first kappa shape index (κ1) is 36.2. The van der Waals surface area contributed by atoms with E-state index < -0.39 is 0 Å². The molecule has 2 aromatic heterocycles. The highest BCUT2D eigenvalue weighted by Gasteiger charge is 2.31. The largest absolute Gasteiger partial charge is 0.254 e. The molecule has 0 fully saturated rings. The summed E-state index contributed by atoms with van der Waals surface area (Å²) < 4.78 is 0. The lowest BCUT2D eigenvalue weighted by Crippen LogP contribution is -1.93. The van der Waals surface area contributed by atoms with Crippen LogP contribution in [0, 0.1) is 0 Å². The van der Waals surface area contributed by atoms with Crippen LogP contribution in [0.15, 0.2) is 231 Å². The van der Waals surface area contributed by atoms with Gasteiger partial charge in [0.2, 0.25) is 0 Å². The maximum atomic E-state index is 5.37. The Kier molecular flexibility index (Phi) is 8.25. The fourth-order valence-corrected chi connectivity index (χ4v) is 10.3. The Morgan fingerprint density at radius 1 is 0.266 bits per heavy atom. The predicted molar refractivity (Wildman–Crippen MR) is 269 cm³/mol. The molecule has 296 valence electrons. The molecule has 13 rings (SSSR count). The summed E-state index contributed by atoms with van der Waals surface area (Å²) in [5, 5.41) is 7.21. The summed E-state index contributed by atoms with van der Waals surface area (Å²) in [6.07, 6.45) is 1.86. The van der Waals surface area contributed by atoms with Crippen molar-refractivity contribution in [1.29, 1.82) is 0 Å². The normalized spacial score (nSPS) is 11.8. The molecule has 12 aromatic rings. The number of aromatic nitrogens is 2. The minimum Gasteiger partial charge on any atom is -0.254 e. The van der Waals surface area contributed by atoms with E-state index >= 15 is 0 Å². The Labute approximate surface area is 371 Å². The van der Waals surface area contributed by atoms with Crippen molar-refractivity contribution in [2.45, 2.75) is 0 Å². The van der Waals surface area contributed by atoms with E-state index in [1.807, 2.05) is 12.3 Å². The number of benzene rings is 10. The maximum absolute atomic E-state index is 5.37. The zero-order valence-electron chi connectivity index (χ0n) is 34.8. The topological polar surface area (TPSA) is 25.8 Å². The summed E-state index contributed by atoms with van der Waals surface area (Å²) >= 11 is 0. The molecule has 0 bridgehead atoms. The van der Waals surface area contributed by atoms with Gasteiger partial charge in [0.25, 0.3) is 0 Å². The summed E-state index contributed by atoms with van der Waals surface area (Å²) in [6.45, 7) is 0. The van der Waals surface area contributed by atoms with Crippen molar-refractivity contribution in [2.75, 3.05) is 0 Å². The Morgan fingerprint density at radius 3 is 1.44 bits per heavy atom. The summed E-state index contributed by atoms with van der Waals surface area (Å²) in [7, 11) is 0. The quantitative estimate of drug-likeness (QED) is 0.156. The van der Waals surface area contributed by atoms with Gasteiger partial charge in [-0.1, -0.05) is 194 Å². The Hall–Kier alpha value is -8.46. The third-order valence-corrected chi connectivity index (χ3v) is 13.2. The monoisotopic (exact) mass is 810 g/mol. The standard InChI is InChI=1S/C62H38N2/c1-4-14-39(15-5-1)40-25-27-41(28-26-40)46-36-47(38-48(37-46)55-34-31-45-30-29-44-20-13-35-63-61(44)62(45)64-55)49-32-33-54-58-50(49)23-12-24-53(58)59-56(42-16-6-2-7-17-42)51-21-10-11-22-52(51)57(60(54)59)43-18-8-3-9-19-43/h1-38H. The summed E-state index contributed by atoms with van der Waals surface area (Å²) in [4.78, 5) is 10.2. The van der Waals surface area contributed by atoms with Crippen LogP contribution in [0.4, 0.5) is 0 Å². The smallest absolute Gasteiger partial charge is 0.0972 e. The van der Waals surface area contributed by atoms with Crippen molar-refractivity contribution < 1.29 is 0 Å². The lowest BCUT2D eigenvalue weighted by atomic mass is 9.82. The molecule has 0 saturated carbocycles. The van der Waals surface area contributed by atoms with E-state index in [-0.39, 0.29) is 0 Å². The van der Waals surface area contributed by atoms with Gasteiger partial charge >= 0.3 is 0 Å². The van der Waals surface area contributed by atoms with Gasteiger partial charge in [-0.15, -0.1) is 0 Å². The molecule has 10 aromatic carbocycles. The highest BCUT2D eigenvalue weighted by molar-refractivity contribution is 6.29. The summed E-state index contributed by atoms with van der Waals surface area (Å²) in [5.41, 5.74) is 21.0. The second-order valence-electron chi connectivity index (χ2n) is 16.8. The van der Waals surface area contributed by atoms with E-state index in [4.69, 9.17) is 9.97 Å². The van der Waals surface area contributed by atoms with E-state index in [0.717, 1.165) is 49.8 Å². The van der Waals surface area contributed by atoms with Crippen LogP contribution in [0.5, 0.6) is 0 Å². The highest BCUT2D eigenvalue weighted by Crippen LogP contribution is 2.58. The molecule has 1 aliphatic carbocycles. The average molecular weight is 811 g/mol. The van der Waals surface area contributed by atoms with Crippen molar-refractivity contribution >= 4 is 43.4 Å². The molecule has 0 unspecified atom stereocenters. The molecular formula is C62H38N2. The number of hydrogen-bond donors (Lipinski definition) is 0. The average Bonchev–Trinajstić information content (AvgIpc) is 3.70. The molecule has 0 spiro atoms. The molecule has 0 amide bonds. The fourth-order valence-electron chi connectivity index (χ4n) is 10.3. The summed E-state index contributed by atoms with van der Waals surface area (Å²) in [5.74, 6) is 0. The predicted octanol–water partition coefficient (Wildman–Crippen LogP) is 16.7. The Balaban J connectivity index is 1.06. The second kappa shape index (κ2) is 14.6. The zero-order valence-corrected chi connectivity index (χ0v) is 34.8. The molecule has 2 nitrogen and oxygen atoms in total. The van der Waals surface area contributed by atoms with Crippen molar-refractivity contribution in [3.63, 3.8) is 0 Å². The van der Waals surface area contributed by atoms with Gasteiger partial charge < -0.3 is 0 Å². The molecule has 1 aliphatic rings. The van der Waals surface area contributed by atoms with Gasteiger partial charge in [0.05, 0.1) is 16.7 Å². The molecule has 2 heterocycles. The number of pyridine rings is 2. The first-order valence-electron chi connectivity index (χ1n) is 22.0. The number of rotatable bonds is 6. The minimum atomic E-state index is 0.911. The van der Waals surface area contributed by atoms with Gasteiger partial charge in [-0.2, -0.15) is 0 Å². The van der Waals surface area contributed by atoms with Crippen LogP contribution in [0.1, 0.15) is 0 Å². The van der Waals surface area contributed by atoms with Crippen LogP contribution >= 0.6 is 0 Å². The minimum absolute atomic E-state index is 0.911.